The van der Waals surface area contributed by atoms with E-state index < -0.39 is 8.07 Å². The molecule has 0 atom stereocenters. The Labute approximate surface area is 140 Å². The summed E-state index contributed by atoms with van der Waals surface area (Å²) in [5, 5.41) is 1.09. The van der Waals surface area contributed by atoms with Crippen molar-refractivity contribution in [2.24, 2.45) is 0 Å². The number of rotatable bonds is 6. The van der Waals surface area contributed by atoms with E-state index in [2.05, 4.69) is 63.0 Å². The summed E-state index contributed by atoms with van der Waals surface area (Å²) in [5.41, 5.74) is 0.936. The van der Waals surface area contributed by atoms with Crippen molar-refractivity contribution in [3.63, 3.8) is 0 Å². The number of nitrogens with zero attached hydrogens (tertiary/aromatic N) is 4. The van der Waals surface area contributed by atoms with Crippen LogP contribution in [0.15, 0.2) is 12.5 Å². The van der Waals surface area contributed by atoms with E-state index >= 15 is 0 Å². The second-order valence-electron chi connectivity index (χ2n) is 6.59. The van der Waals surface area contributed by atoms with Crippen LogP contribution in [0.4, 0.5) is 5.82 Å². The molecule has 0 aliphatic heterocycles. The minimum Gasteiger partial charge on any atom is -0.362 e. The Morgan fingerprint density at radius 3 is 2.62 bits per heavy atom. The van der Waals surface area contributed by atoms with Gasteiger partial charge in [-0.25, -0.2) is 9.97 Å². The van der Waals surface area contributed by atoms with Crippen molar-refractivity contribution in [3.05, 3.63) is 16.1 Å². The van der Waals surface area contributed by atoms with Gasteiger partial charge in [0.05, 0.1) is 5.39 Å². The lowest BCUT2D eigenvalue weighted by Crippen LogP contribution is -2.22. The smallest absolute Gasteiger partial charge is 0.148 e. The van der Waals surface area contributed by atoms with Crippen LogP contribution in [0, 0.1) is 3.57 Å². The fourth-order valence-electron chi connectivity index (χ4n) is 2.04. The Hall–Kier alpha value is -0.673. The van der Waals surface area contributed by atoms with E-state index in [-0.39, 0.29) is 0 Å². The standard InChI is InChI=1S/C14H23IN4OSi/c1-18(2)13-12-11(15)8-19(14(12)17-9-16-13)10-20-6-7-21(3,4)5/h8-9H,6-7,10H2,1-5H3. The van der Waals surface area contributed by atoms with Crippen LogP contribution >= 0.6 is 22.6 Å². The number of anilines is 1. The zero-order chi connectivity index (χ0) is 15.6. The SMILES string of the molecule is CN(C)c1ncnc2c1c(I)cn2COCC[Si](C)(C)C. The van der Waals surface area contributed by atoms with E-state index in [1.54, 1.807) is 6.33 Å². The lowest BCUT2D eigenvalue weighted by molar-refractivity contribution is 0.0898. The zero-order valence-corrected chi connectivity index (χ0v) is 16.5. The molecule has 0 saturated heterocycles. The molecule has 7 heteroatoms. The molecule has 2 heterocycles. The first-order valence-corrected chi connectivity index (χ1v) is 11.8. The van der Waals surface area contributed by atoms with Crippen LogP contribution in [-0.2, 0) is 11.5 Å². The Balaban J connectivity index is 2.17. The molecule has 0 radical (unpaired) electrons. The van der Waals surface area contributed by atoms with Gasteiger partial charge in [-0.15, -0.1) is 0 Å². The van der Waals surface area contributed by atoms with Gasteiger partial charge < -0.3 is 14.2 Å². The number of hydrogen-bond acceptors (Lipinski definition) is 4. The Bertz CT molecular complexity index is 621. The Kier molecular flexibility index (Phi) is 5.26. The average molecular weight is 418 g/mol. The summed E-state index contributed by atoms with van der Waals surface area (Å²) in [6, 6.07) is 1.18. The average Bonchev–Trinajstić information content (AvgIpc) is 2.71. The van der Waals surface area contributed by atoms with Crippen LogP contribution in [0.2, 0.25) is 25.7 Å². The molecule has 0 unspecified atom stereocenters. The molecule has 0 aliphatic rings. The molecule has 0 amide bonds. The molecular formula is C14H23IN4OSi. The predicted molar refractivity (Wildman–Crippen MR) is 98.7 cm³/mol. The number of ether oxygens (including phenoxy) is 1. The summed E-state index contributed by atoms with van der Waals surface area (Å²) >= 11 is 2.34. The highest BCUT2D eigenvalue weighted by molar-refractivity contribution is 14.1. The van der Waals surface area contributed by atoms with Crippen molar-refractivity contribution >= 4 is 47.5 Å². The molecule has 2 aromatic rings. The zero-order valence-electron chi connectivity index (χ0n) is 13.4. The second kappa shape index (κ2) is 6.61. The lowest BCUT2D eigenvalue weighted by atomic mass is 10.3. The molecule has 0 aromatic carbocycles. The molecule has 0 N–H and O–H groups in total. The van der Waals surface area contributed by atoms with Crippen LogP contribution < -0.4 is 4.90 Å². The molecule has 2 rings (SSSR count). The van der Waals surface area contributed by atoms with Crippen LogP contribution in [0.25, 0.3) is 11.0 Å². The van der Waals surface area contributed by atoms with Crippen molar-refractivity contribution in [2.75, 3.05) is 25.6 Å². The first kappa shape index (κ1) is 16.7. The van der Waals surface area contributed by atoms with Gasteiger partial charge >= 0.3 is 0 Å². The van der Waals surface area contributed by atoms with Gasteiger partial charge in [0, 0.05) is 38.5 Å². The van der Waals surface area contributed by atoms with Gasteiger partial charge in [0.2, 0.25) is 0 Å². The summed E-state index contributed by atoms with van der Waals surface area (Å²) in [4.78, 5) is 10.8. The lowest BCUT2D eigenvalue weighted by Gasteiger charge is -2.16. The summed E-state index contributed by atoms with van der Waals surface area (Å²) in [5.74, 6) is 0.949. The van der Waals surface area contributed by atoms with Crippen molar-refractivity contribution in [1.29, 1.82) is 0 Å². The number of fused-ring (bicyclic) bond motifs is 1. The number of aromatic nitrogens is 3. The molecule has 2 aromatic heterocycles. The minimum absolute atomic E-state index is 0.549. The molecule has 0 spiro atoms. The van der Waals surface area contributed by atoms with Crippen molar-refractivity contribution < 1.29 is 4.74 Å². The third-order valence-electron chi connectivity index (χ3n) is 3.24. The largest absolute Gasteiger partial charge is 0.362 e. The predicted octanol–water partition coefficient (Wildman–Crippen LogP) is 3.41. The summed E-state index contributed by atoms with van der Waals surface area (Å²) < 4.78 is 9.06. The summed E-state index contributed by atoms with van der Waals surface area (Å²) in [6.07, 6.45) is 3.70. The van der Waals surface area contributed by atoms with E-state index in [9.17, 15) is 0 Å². The second-order valence-corrected chi connectivity index (χ2v) is 13.4. The van der Waals surface area contributed by atoms with E-state index in [0.717, 1.165) is 27.0 Å². The van der Waals surface area contributed by atoms with Gasteiger partial charge in [-0.2, -0.15) is 0 Å². The van der Waals surface area contributed by atoms with E-state index in [1.165, 1.54) is 6.04 Å². The number of halogens is 1. The van der Waals surface area contributed by atoms with Gasteiger partial charge in [0.15, 0.2) is 0 Å². The third-order valence-corrected chi connectivity index (χ3v) is 5.76. The Morgan fingerprint density at radius 1 is 1.29 bits per heavy atom. The summed E-state index contributed by atoms with van der Waals surface area (Å²) in [7, 11) is 2.96. The maximum atomic E-state index is 5.84. The first-order valence-electron chi connectivity index (χ1n) is 7.04. The highest BCUT2D eigenvalue weighted by Crippen LogP contribution is 2.28. The fourth-order valence-corrected chi connectivity index (χ4v) is 3.62. The van der Waals surface area contributed by atoms with Crippen LogP contribution in [-0.4, -0.2) is 43.3 Å². The maximum Gasteiger partial charge on any atom is 0.148 e. The van der Waals surface area contributed by atoms with Gasteiger partial charge in [-0.3, -0.25) is 0 Å². The molecule has 116 valence electrons. The van der Waals surface area contributed by atoms with Crippen molar-refractivity contribution in [1.82, 2.24) is 14.5 Å². The molecule has 0 fully saturated rings. The maximum absolute atomic E-state index is 5.84. The van der Waals surface area contributed by atoms with E-state index in [0.29, 0.717) is 6.73 Å². The van der Waals surface area contributed by atoms with Crippen molar-refractivity contribution in [2.45, 2.75) is 32.4 Å². The normalized spacial score (nSPS) is 12.1. The fraction of sp³-hybridized carbons (Fsp3) is 0.571. The molecule has 0 aliphatic carbocycles. The van der Waals surface area contributed by atoms with Crippen LogP contribution in [0.1, 0.15) is 0 Å². The van der Waals surface area contributed by atoms with Crippen LogP contribution in [0.3, 0.4) is 0 Å². The quantitative estimate of drug-likeness (QED) is 0.410. The molecule has 5 nitrogen and oxygen atoms in total. The molecule has 0 bridgehead atoms. The van der Waals surface area contributed by atoms with Gasteiger partial charge in [-0.05, 0) is 28.6 Å². The van der Waals surface area contributed by atoms with Crippen molar-refractivity contribution in [3.8, 4) is 0 Å². The highest BCUT2D eigenvalue weighted by atomic mass is 127. The topological polar surface area (TPSA) is 43.2 Å². The first-order chi connectivity index (χ1) is 9.79. The molecule has 21 heavy (non-hydrogen) atoms. The highest BCUT2D eigenvalue weighted by Gasteiger charge is 2.15. The monoisotopic (exact) mass is 418 g/mol. The van der Waals surface area contributed by atoms with Gasteiger partial charge in [0.25, 0.3) is 0 Å². The number of hydrogen-bond donors (Lipinski definition) is 0. The van der Waals surface area contributed by atoms with E-state index in [1.807, 2.05) is 19.0 Å². The van der Waals surface area contributed by atoms with Gasteiger partial charge in [0.1, 0.15) is 24.5 Å². The van der Waals surface area contributed by atoms with Crippen LogP contribution in [0.5, 0.6) is 0 Å². The van der Waals surface area contributed by atoms with E-state index in [4.69, 9.17) is 4.74 Å². The Morgan fingerprint density at radius 2 is 2.00 bits per heavy atom. The van der Waals surface area contributed by atoms with Gasteiger partial charge in [-0.1, -0.05) is 19.6 Å². The minimum atomic E-state index is -1.04. The third kappa shape index (κ3) is 4.16. The molecule has 0 saturated carbocycles. The molecular weight excluding hydrogens is 395 g/mol. The summed E-state index contributed by atoms with van der Waals surface area (Å²) in [6.45, 7) is 8.45.